The highest BCUT2D eigenvalue weighted by Gasteiger charge is 2.25. The predicted molar refractivity (Wildman–Crippen MR) is 54.1 cm³/mol. The minimum absolute atomic E-state index is 0.227. The highest BCUT2D eigenvalue weighted by molar-refractivity contribution is 5.35. The van der Waals surface area contributed by atoms with Crippen molar-refractivity contribution >= 4 is 0 Å². The summed E-state index contributed by atoms with van der Waals surface area (Å²) in [4.78, 5) is 0. The van der Waals surface area contributed by atoms with Gasteiger partial charge in [0.2, 0.25) is 0 Å². The third-order valence-electron chi connectivity index (χ3n) is 2.32. The third-order valence-corrected chi connectivity index (χ3v) is 2.32. The van der Waals surface area contributed by atoms with Crippen molar-refractivity contribution in [3.63, 3.8) is 0 Å². The van der Waals surface area contributed by atoms with Gasteiger partial charge in [-0.15, -0.1) is 0 Å². The SMILES string of the molecule is NCC(O)c1ccccc1OC1CC1. The van der Waals surface area contributed by atoms with E-state index in [1.54, 1.807) is 0 Å². The number of hydrogen-bond donors (Lipinski definition) is 2. The summed E-state index contributed by atoms with van der Waals surface area (Å²) < 4.78 is 5.66. The van der Waals surface area contributed by atoms with Gasteiger partial charge < -0.3 is 15.6 Å². The fourth-order valence-electron chi connectivity index (χ4n) is 1.36. The van der Waals surface area contributed by atoms with E-state index in [1.165, 1.54) is 0 Å². The molecule has 1 unspecified atom stereocenters. The second-order valence-corrected chi connectivity index (χ2v) is 3.61. The monoisotopic (exact) mass is 193 g/mol. The Balaban J connectivity index is 2.18. The van der Waals surface area contributed by atoms with Crippen LogP contribution in [0, 0.1) is 0 Å². The molecule has 1 aliphatic carbocycles. The Hall–Kier alpha value is -1.06. The van der Waals surface area contributed by atoms with Gasteiger partial charge in [-0.05, 0) is 18.9 Å². The molecule has 3 nitrogen and oxygen atoms in total. The second-order valence-electron chi connectivity index (χ2n) is 3.61. The Morgan fingerprint density at radius 2 is 2.14 bits per heavy atom. The Labute approximate surface area is 83.5 Å². The van der Waals surface area contributed by atoms with Gasteiger partial charge in [0.1, 0.15) is 5.75 Å². The van der Waals surface area contributed by atoms with Crippen LogP contribution in [0.25, 0.3) is 0 Å². The van der Waals surface area contributed by atoms with Gasteiger partial charge in [-0.25, -0.2) is 0 Å². The van der Waals surface area contributed by atoms with Crippen LogP contribution in [0.4, 0.5) is 0 Å². The van der Waals surface area contributed by atoms with Gasteiger partial charge in [-0.1, -0.05) is 18.2 Å². The van der Waals surface area contributed by atoms with Crippen LogP contribution in [0.5, 0.6) is 5.75 Å². The molecule has 14 heavy (non-hydrogen) atoms. The molecule has 2 rings (SSSR count). The summed E-state index contributed by atoms with van der Waals surface area (Å²) in [6.07, 6.45) is 1.96. The van der Waals surface area contributed by atoms with Crippen LogP contribution in [-0.4, -0.2) is 17.8 Å². The van der Waals surface area contributed by atoms with Crippen LogP contribution in [0.15, 0.2) is 24.3 Å². The van der Waals surface area contributed by atoms with E-state index in [1.807, 2.05) is 24.3 Å². The molecule has 1 saturated carbocycles. The van der Waals surface area contributed by atoms with Gasteiger partial charge in [0.15, 0.2) is 0 Å². The fourth-order valence-corrected chi connectivity index (χ4v) is 1.36. The third kappa shape index (κ3) is 2.05. The van der Waals surface area contributed by atoms with Crippen molar-refractivity contribution in [1.82, 2.24) is 0 Å². The molecule has 1 atom stereocenters. The number of para-hydroxylation sites is 1. The number of aliphatic hydroxyl groups is 1. The zero-order chi connectivity index (χ0) is 9.97. The summed E-state index contributed by atoms with van der Waals surface area (Å²) in [5, 5.41) is 9.64. The summed E-state index contributed by atoms with van der Waals surface area (Å²) in [5.74, 6) is 0.771. The Morgan fingerprint density at radius 1 is 1.43 bits per heavy atom. The standard InChI is InChI=1S/C11H15NO2/c12-7-10(13)9-3-1-2-4-11(9)14-8-5-6-8/h1-4,8,10,13H,5-7,12H2. The van der Waals surface area contributed by atoms with Crippen molar-refractivity contribution in [2.45, 2.75) is 25.0 Å². The average molecular weight is 193 g/mol. The molecule has 1 fully saturated rings. The first-order valence-electron chi connectivity index (χ1n) is 4.95. The van der Waals surface area contributed by atoms with Gasteiger partial charge in [0.25, 0.3) is 0 Å². The minimum atomic E-state index is -0.620. The van der Waals surface area contributed by atoms with E-state index in [-0.39, 0.29) is 6.54 Å². The second kappa shape index (κ2) is 3.98. The van der Waals surface area contributed by atoms with Crippen molar-refractivity contribution in [2.24, 2.45) is 5.73 Å². The molecule has 0 bridgehead atoms. The minimum Gasteiger partial charge on any atom is -0.490 e. The van der Waals surface area contributed by atoms with Crippen LogP contribution in [-0.2, 0) is 0 Å². The van der Waals surface area contributed by atoms with Crippen molar-refractivity contribution in [3.8, 4) is 5.75 Å². The van der Waals surface area contributed by atoms with Gasteiger partial charge in [-0.3, -0.25) is 0 Å². The van der Waals surface area contributed by atoms with Gasteiger partial charge in [0, 0.05) is 12.1 Å². The lowest BCUT2D eigenvalue weighted by Crippen LogP contribution is -2.13. The molecule has 1 aromatic rings. The van der Waals surface area contributed by atoms with E-state index >= 15 is 0 Å². The van der Waals surface area contributed by atoms with Crippen molar-refractivity contribution in [2.75, 3.05) is 6.54 Å². The molecule has 0 heterocycles. The molecular weight excluding hydrogens is 178 g/mol. The summed E-state index contributed by atoms with van der Waals surface area (Å²) >= 11 is 0. The zero-order valence-corrected chi connectivity index (χ0v) is 8.02. The normalized spacial score (nSPS) is 17.9. The maximum atomic E-state index is 9.64. The highest BCUT2D eigenvalue weighted by atomic mass is 16.5. The van der Waals surface area contributed by atoms with Crippen molar-refractivity contribution < 1.29 is 9.84 Å². The molecule has 76 valence electrons. The van der Waals surface area contributed by atoms with Crippen LogP contribution in [0.3, 0.4) is 0 Å². The van der Waals surface area contributed by atoms with Crippen LogP contribution < -0.4 is 10.5 Å². The van der Waals surface area contributed by atoms with Crippen molar-refractivity contribution in [1.29, 1.82) is 0 Å². The maximum absolute atomic E-state index is 9.64. The van der Waals surface area contributed by atoms with Gasteiger partial charge in [0.05, 0.1) is 12.2 Å². The quantitative estimate of drug-likeness (QED) is 0.756. The molecule has 1 aliphatic rings. The zero-order valence-electron chi connectivity index (χ0n) is 8.02. The molecule has 3 heteroatoms. The molecule has 0 aliphatic heterocycles. The van der Waals surface area contributed by atoms with E-state index < -0.39 is 6.10 Å². The average Bonchev–Trinajstić information content (AvgIpc) is 3.01. The van der Waals surface area contributed by atoms with Crippen LogP contribution in [0.2, 0.25) is 0 Å². The molecule has 0 spiro atoms. The fraction of sp³-hybridized carbons (Fsp3) is 0.455. The number of aliphatic hydroxyl groups excluding tert-OH is 1. The predicted octanol–water partition coefficient (Wildman–Crippen LogP) is 1.22. The molecule has 3 N–H and O–H groups in total. The van der Waals surface area contributed by atoms with E-state index in [4.69, 9.17) is 10.5 Å². The molecule has 0 aromatic heterocycles. The summed E-state index contributed by atoms with van der Waals surface area (Å²) in [5.41, 5.74) is 6.21. The van der Waals surface area contributed by atoms with Crippen molar-refractivity contribution in [3.05, 3.63) is 29.8 Å². The Kier molecular flexibility index (Phi) is 2.70. The highest BCUT2D eigenvalue weighted by Crippen LogP contribution is 2.31. The number of hydrogen-bond acceptors (Lipinski definition) is 3. The largest absolute Gasteiger partial charge is 0.490 e. The van der Waals surface area contributed by atoms with Crippen LogP contribution >= 0.6 is 0 Å². The number of rotatable bonds is 4. The lowest BCUT2D eigenvalue weighted by Gasteiger charge is -2.14. The molecule has 0 saturated heterocycles. The number of benzene rings is 1. The molecule has 0 amide bonds. The van der Waals surface area contributed by atoms with E-state index in [9.17, 15) is 5.11 Å². The topological polar surface area (TPSA) is 55.5 Å². The first-order chi connectivity index (χ1) is 6.81. The molecular formula is C11H15NO2. The first kappa shape index (κ1) is 9.49. The summed E-state index contributed by atoms with van der Waals surface area (Å²) in [6, 6.07) is 7.53. The van der Waals surface area contributed by atoms with Gasteiger partial charge in [-0.2, -0.15) is 0 Å². The summed E-state index contributed by atoms with van der Waals surface area (Å²) in [6.45, 7) is 0.227. The number of nitrogens with two attached hydrogens (primary N) is 1. The Morgan fingerprint density at radius 3 is 2.79 bits per heavy atom. The van der Waals surface area contributed by atoms with Crippen LogP contribution in [0.1, 0.15) is 24.5 Å². The van der Waals surface area contributed by atoms with Gasteiger partial charge >= 0.3 is 0 Å². The summed E-state index contributed by atoms with van der Waals surface area (Å²) in [7, 11) is 0. The van der Waals surface area contributed by atoms with E-state index in [2.05, 4.69) is 0 Å². The lowest BCUT2D eigenvalue weighted by molar-refractivity contribution is 0.178. The van der Waals surface area contributed by atoms with E-state index in [0.717, 1.165) is 24.2 Å². The van der Waals surface area contributed by atoms with E-state index in [0.29, 0.717) is 6.10 Å². The molecule has 0 radical (unpaired) electrons. The Bertz CT molecular complexity index is 310. The number of ether oxygens (including phenoxy) is 1. The molecule has 1 aromatic carbocycles. The first-order valence-corrected chi connectivity index (χ1v) is 4.95. The lowest BCUT2D eigenvalue weighted by atomic mass is 10.1. The smallest absolute Gasteiger partial charge is 0.125 e. The maximum Gasteiger partial charge on any atom is 0.125 e.